The lowest BCUT2D eigenvalue weighted by Crippen LogP contribution is -2.31. The Hall–Kier alpha value is -3.66. The lowest BCUT2D eigenvalue weighted by Gasteiger charge is -2.29. The van der Waals surface area contributed by atoms with Crippen molar-refractivity contribution in [2.45, 2.75) is 65.1 Å². The van der Waals surface area contributed by atoms with Crippen molar-refractivity contribution in [1.29, 1.82) is 0 Å². The second-order valence-corrected chi connectivity index (χ2v) is 10.5. The molecule has 0 aliphatic carbocycles. The Bertz CT molecular complexity index is 1340. The second-order valence-electron chi connectivity index (χ2n) is 9.24. The SMILES string of the molecule is CCCCCOc1ccc(C2C(C(=O)Nc3ccccc3OCC)=C(C)Nc3nc(SCC)nn32)cc1OCC. The molecule has 10 heteroatoms. The lowest BCUT2D eigenvalue weighted by molar-refractivity contribution is -0.113. The molecule has 0 fully saturated rings. The summed E-state index contributed by atoms with van der Waals surface area (Å²) in [6.07, 6.45) is 3.22. The minimum absolute atomic E-state index is 0.258. The molecule has 2 aromatic carbocycles. The van der Waals surface area contributed by atoms with Crippen molar-refractivity contribution in [2.75, 3.05) is 36.2 Å². The summed E-state index contributed by atoms with van der Waals surface area (Å²) in [6, 6.07) is 12.7. The molecule has 0 bridgehead atoms. The van der Waals surface area contributed by atoms with Gasteiger partial charge < -0.3 is 24.8 Å². The number of amides is 1. The molecule has 0 saturated carbocycles. The zero-order valence-electron chi connectivity index (χ0n) is 24.0. The largest absolute Gasteiger partial charge is 0.492 e. The molecule has 1 amide bonds. The first-order chi connectivity index (χ1) is 19.5. The Morgan fingerprint density at radius 3 is 2.52 bits per heavy atom. The zero-order valence-corrected chi connectivity index (χ0v) is 24.8. The van der Waals surface area contributed by atoms with E-state index in [1.807, 2.05) is 63.2 Å². The molecule has 1 aliphatic rings. The van der Waals surface area contributed by atoms with Gasteiger partial charge in [0.25, 0.3) is 5.91 Å². The number of aromatic nitrogens is 3. The van der Waals surface area contributed by atoms with Gasteiger partial charge in [0, 0.05) is 5.70 Å². The smallest absolute Gasteiger partial charge is 0.255 e. The first-order valence-electron chi connectivity index (χ1n) is 14.0. The summed E-state index contributed by atoms with van der Waals surface area (Å²) in [7, 11) is 0. The van der Waals surface area contributed by atoms with E-state index in [1.165, 1.54) is 0 Å². The summed E-state index contributed by atoms with van der Waals surface area (Å²) in [6.45, 7) is 11.6. The quantitative estimate of drug-likeness (QED) is 0.165. The van der Waals surface area contributed by atoms with Gasteiger partial charge in [0.1, 0.15) is 11.8 Å². The number of benzene rings is 2. The molecule has 2 N–H and O–H groups in total. The van der Waals surface area contributed by atoms with Crippen LogP contribution in [-0.2, 0) is 4.79 Å². The van der Waals surface area contributed by atoms with Crippen molar-refractivity contribution in [2.24, 2.45) is 0 Å². The van der Waals surface area contributed by atoms with Crippen LogP contribution in [-0.4, -0.2) is 46.2 Å². The van der Waals surface area contributed by atoms with Gasteiger partial charge in [0.15, 0.2) is 11.5 Å². The fraction of sp³-hybridized carbons (Fsp3) is 0.433. The molecule has 2 heterocycles. The molecule has 40 heavy (non-hydrogen) atoms. The normalized spacial score (nSPS) is 14.4. The number of ether oxygens (including phenoxy) is 3. The van der Waals surface area contributed by atoms with Gasteiger partial charge in [-0.05, 0) is 62.8 Å². The highest BCUT2D eigenvalue weighted by atomic mass is 32.2. The van der Waals surface area contributed by atoms with Crippen LogP contribution in [0, 0.1) is 0 Å². The van der Waals surface area contributed by atoms with E-state index >= 15 is 0 Å². The monoisotopic (exact) mass is 565 g/mol. The number of allylic oxidation sites excluding steroid dienone is 1. The Morgan fingerprint density at radius 1 is 1.00 bits per heavy atom. The van der Waals surface area contributed by atoms with Gasteiger partial charge in [-0.3, -0.25) is 4.79 Å². The highest BCUT2D eigenvalue weighted by Gasteiger charge is 2.35. The van der Waals surface area contributed by atoms with Gasteiger partial charge in [-0.25, -0.2) is 4.68 Å². The first kappa shape index (κ1) is 29.3. The van der Waals surface area contributed by atoms with E-state index in [0.29, 0.717) is 65.1 Å². The van der Waals surface area contributed by atoms with E-state index in [9.17, 15) is 4.79 Å². The Labute approximate surface area is 240 Å². The number of fused-ring (bicyclic) bond motifs is 1. The summed E-state index contributed by atoms with van der Waals surface area (Å²) in [4.78, 5) is 18.6. The third-order valence-corrected chi connectivity index (χ3v) is 7.09. The molecule has 0 spiro atoms. The highest BCUT2D eigenvalue weighted by molar-refractivity contribution is 7.99. The molecule has 3 aromatic rings. The number of anilines is 2. The molecular formula is C30H39N5O4S. The number of rotatable bonds is 14. The molecule has 214 valence electrons. The van der Waals surface area contributed by atoms with Crippen LogP contribution in [0.4, 0.5) is 11.6 Å². The molecular weight excluding hydrogens is 526 g/mol. The van der Waals surface area contributed by atoms with Crippen molar-refractivity contribution in [1.82, 2.24) is 14.8 Å². The number of nitrogens with zero attached hydrogens (tertiary/aromatic N) is 3. The van der Waals surface area contributed by atoms with Crippen LogP contribution in [0.2, 0.25) is 0 Å². The number of hydrogen-bond acceptors (Lipinski definition) is 8. The number of para-hydroxylation sites is 2. The lowest BCUT2D eigenvalue weighted by atomic mass is 9.94. The first-order valence-corrected chi connectivity index (χ1v) is 15.0. The van der Waals surface area contributed by atoms with Gasteiger partial charge in [-0.15, -0.1) is 5.10 Å². The van der Waals surface area contributed by atoms with Crippen LogP contribution in [0.3, 0.4) is 0 Å². The second kappa shape index (κ2) is 14.1. The zero-order chi connectivity index (χ0) is 28.5. The summed E-state index contributed by atoms with van der Waals surface area (Å²) in [5, 5.41) is 11.8. The van der Waals surface area contributed by atoms with Crippen molar-refractivity contribution >= 4 is 29.3 Å². The topological polar surface area (TPSA) is 99.5 Å². The van der Waals surface area contributed by atoms with Gasteiger partial charge in [-0.1, -0.05) is 56.7 Å². The molecule has 1 unspecified atom stereocenters. The van der Waals surface area contributed by atoms with Gasteiger partial charge in [0.2, 0.25) is 11.1 Å². The van der Waals surface area contributed by atoms with E-state index < -0.39 is 6.04 Å². The number of nitrogens with one attached hydrogen (secondary N) is 2. The Balaban J connectivity index is 1.75. The molecule has 1 aliphatic heterocycles. The van der Waals surface area contributed by atoms with E-state index in [4.69, 9.17) is 19.3 Å². The Kier molecular flexibility index (Phi) is 10.3. The highest BCUT2D eigenvalue weighted by Crippen LogP contribution is 2.40. The third kappa shape index (κ3) is 6.72. The van der Waals surface area contributed by atoms with Gasteiger partial charge in [0.05, 0.1) is 31.1 Å². The minimum atomic E-state index is -0.539. The van der Waals surface area contributed by atoms with Crippen LogP contribution in [0.25, 0.3) is 0 Å². The minimum Gasteiger partial charge on any atom is -0.492 e. The predicted octanol–water partition coefficient (Wildman–Crippen LogP) is 6.68. The summed E-state index contributed by atoms with van der Waals surface area (Å²) in [5.41, 5.74) is 2.66. The molecule has 0 saturated heterocycles. The maximum absolute atomic E-state index is 14.0. The standard InChI is InChI=1S/C30H39N5O4S/c1-6-10-13-18-39-24-17-16-21(19-25(24)38-8-3)27-26(20(5)31-29-33-30(40-9-4)34-35(27)29)28(36)32-22-14-11-12-15-23(22)37-7-2/h11-12,14-17,19,27H,6-10,13,18H2,1-5H3,(H,32,36)(H,31,33,34). The average Bonchev–Trinajstić information content (AvgIpc) is 3.34. The van der Waals surface area contributed by atoms with Crippen LogP contribution >= 0.6 is 11.8 Å². The molecule has 1 atom stereocenters. The predicted molar refractivity (Wildman–Crippen MR) is 160 cm³/mol. The maximum atomic E-state index is 14.0. The van der Waals surface area contributed by atoms with E-state index in [1.54, 1.807) is 16.4 Å². The van der Waals surface area contributed by atoms with Crippen molar-refractivity contribution in [3.05, 3.63) is 59.3 Å². The van der Waals surface area contributed by atoms with Crippen molar-refractivity contribution < 1.29 is 19.0 Å². The molecule has 4 rings (SSSR count). The van der Waals surface area contributed by atoms with Crippen LogP contribution in [0.5, 0.6) is 17.2 Å². The fourth-order valence-corrected chi connectivity index (χ4v) is 5.14. The summed E-state index contributed by atoms with van der Waals surface area (Å²) in [5.74, 6) is 3.10. The van der Waals surface area contributed by atoms with Crippen molar-refractivity contribution in [3.63, 3.8) is 0 Å². The number of unbranched alkanes of at least 4 members (excludes halogenated alkanes) is 2. The molecule has 1 aromatic heterocycles. The number of thioether (sulfide) groups is 1. The van der Waals surface area contributed by atoms with Gasteiger partial charge >= 0.3 is 0 Å². The fourth-order valence-electron chi connectivity index (χ4n) is 4.58. The summed E-state index contributed by atoms with van der Waals surface area (Å²) < 4.78 is 19.6. The van der Waals surface area contributed by atoms with Crippen molar-refractivity contribution in [3.8, 4) is 17.2 Å². The molecule has 0 radical (unpaired) electrons. The van der Waals surface area contributed by atoms with Gasteiger partial charge in [-0.2, -0.15) is 4.98 Å². The van der Waals surface area contributed by atoms with Crippen LogP contribution < -0.4 is 24.8 Å². The van der Waals surface area contributed by atoms with Crippen LogP contribution in [0.15, 0.2) is 58.9 Å². The number of hydrogen-bond donors (Lipinski definition) is 2. The average molecular weight is 566 g/mol. The number of carbonyl (C=O) groups is 1. The van der Waals surface area contributed by atoms with E-state index in [-0.39, 0.29) is 5.91 Å². The molecule has 9 nitrogen and oxygen atoms in total. The van der Waals surface area contributed by atoms with E-state index in [0.717, 1.165) is 30.6 Å². The van der Waals surface area contributed by atoms with E-state index in [2.05, 4.69) is 29.5 Å². The maximum Gasteiger partial charge on any atom is 0.255 e. The summed E-state index contributed by atoms with van der Waals surface area (Å²) >= 11 is 1.55. The third-order valence-electron chi connectivity index (χ3n) is 6.38. The van der Waals surface area contributed by atoms with Crippen LogP contribution in [0.1, 0.15) is 65.5 Å². The number of carbonyl (C=O) groups excluding carboxylic acids is 1. The Morgan fingerprint density at radius 2 is 1.77 bits per heavy atom.